The molecule has 5 heteroatoms. The number of amides is 1. The Balaban J connectivity index is 3.11. The summed E-state index contributed by atoms with van der Waals surface area (Å²) < 4.78 is 35.0. The van der Waals surface area contributed by atoms with Crippen molar-refractivity contribution < 1.29 is 18.0 Å². The molecule has 0 saturated heterocycles. The van der Waals surface area contributed by atoms with Crippen LogP contribution in [0.25, 0.3) is 0 Å². The van der Waals surface area contributed by atoms with Crippen LogP contribution in [-0.2, 0) is 4.79 Å². The van der Waals surface area contributed by atoms with Gasteiger partial charge in [0.2, 0.25) is 5.91 Å². The average molecular weight is 211 g/mol. The largest absolute Gasteiger partial charge is 0.389 e. The predicted octanol–water partition coefficient (Wildman–Crippen LogP) is 2.64. The van der Waals surface area contributed by atoms with E-state index in [4.69, 9.17) is 0 Å². The summed E-state index contributed by atoms with van der Waals surface area (Å²) in [7, 11) is 0. The van der Waals surface area contributed by atoms with E-state index in [2.05, 4.69) is 5.32 Å². The number of hydrogen-bond donors (Lipinski definition) is 1. The monoisotopic (exact) mass is 211 g/mol. The van der Waals surface area contributed by atoms with Crippen LogP contribution in [0.5, 0.6) is 0 Å². The molecule has 14 heavy (non-hydrogen) atoms. The Morgan fingerprint density at radius 2 is 1.71 bits per heavy atom. The lowest BCUT2D eigenvalue weighted by molar-refractivity contribution is -0.135. The molecule has 0 saturated carbocycles. The van der Waals surface area contributed by atoms with Crippen LogP contribution < -0.4 is 5.32 Å². The molecule has 0 radical (unpaired) electrons. The normalized spacial score (nSPS) is 11.4. The van der Waals surface area contributed by atoms with Crippen molar-refractivity contribution in [1.82, 2.24) is 5.32 Å². The Morgan fingerprint density at radius 3 is 2.21 bits per heavy atom. The SMILES string of the molecule is CC(=O)NCCCCCCC(F)(F)F. The lowest BCUT2D eigenvalue weighted by Crippen LogP contribution is -2.20. The van der Waals surface area contributed by atoms with Gasteiger partial charge < -0.3 is 5.32 Å². The Morgan fingerprint density at radius 1 is 1.14 bits per heavy atom. The number of unbranched alkanes of at least 4 members (excludes halogenated alkanes) is 3. The fraction of sp³-hybridized carbons (Fsp3) is 0.889. The predicted molar refractivity (Wildman–Crippen MR) is 47.8 cm³/mol. The molecular formula is C9H16F3NO. The number of alkyl halides is 3. The first-order valence-corrected chi connectivity index (χ1v) is 4.73. The molecule has 0 spiro atoms. The van der Waals surface area contributed by atoms with Crippen molar-refractivity contribution in [1.29, 1.82) is 0 Å². The molecule has 0 aliphatic heterocycles. The highest BCUT2D eigenvalue weighted by Gasteiger charge is 2.25. The van der Waals surface area contributed by atoms with Gasteiger partial charge in [0.1, 0.15) is 0 Å². The number of rotatable bonds is 6. The lowest BCUT2D eigenvalue weighted by Gasteiger charge is -2.05. The minimum absolute atomic E-state index is 0.0970. The summed E-state index contributed by atoms with van der Waals surface area (Å²) in [6.07, 6.45) is -2.50. The highest BCUT2D eigenvalue weighted by atomic mass is 19.4. The molecule has 0 atom stereocenters. The van der Waals surface area contributed by atoms with Gasteiger partial charge >= 0.3 is 6.18 Å². The smallest absolute Gasteiger partial charge is 0.356 e. The summed E-state index contributed by atoms with van der Waals surface area (Å²) in [4.78, 5) is 10.4. The minimum atomic E-state index is -4.03. The third-order valence-corrected chi connectivity index (χ3v) is 1.76. The fourth-order valence-electron chi connectivity index (χ4n) is 1.07. The van der Waals surface area contributed by atoms with Crippen molar-refractivity contribution in [2.75, 3.05) is 6.54 Å². The van der Waals surface area contributed by atoms with Crippen LogP contribution in [0, 0.1) is 0 Å². The van der Waals surface area contributed by atoms with E-state index in [1.54, 1.807) is 0 Å². The highest BCUT2D eigenvalue weighted by Crippen LogP contribution is 2.22. The van der Waals surface area contributed by atoms with Crippen LogP contribution in [0.3, 0.4) is 0 Å². The standard InChI is InChI=1S/C9H16F3NO/c1-8(14)13-7-5-3-2-4-6-9(10,11)12/h2-7H2,1H3,(H,13,14). The van der Waals surface area contributed by atoms with E-state index in [0.29, 0.717) is 13.0 Å². The van der Waals surface area contributed by atoms with E-state index in [-0.39, 0.29) is 12.3 Å². The Hall–Kier alpha value is -0.740. The first-order valence-electron chi connectivity index (χ1n) is 4.73. The van der Waals surface area contributed by atoms with Crippen molar-refractivity contribution in [3.63, 3.8) is 0 Å². The van der Waals surface area contributed by atoms with Gasteiger partial charge in [0.15, 0.2) is 0 Å². The van der Waals surface area contributed by atoms with Crippen LogP contribution >= 0.6 is 0 Å². The maximum absolute atomic E-state index is 11.7. The Kier molecular flexibility index (Phi) is 6.32. The van der Waals surface area contributed by atoms with Crippen molar-refractivity contribution >= 4 is 5.91 Å². The molecule has 0 aliphatic carbocycles. The van der Waals surface area contributed by atoms with Gasteiger partial charge in [-0.3, -0.25) is 4.79 Å². The number of carbonyl (C=O) groups excluding carboxylic acids is 1. The van der Waals surface area contributed by atoms with Gasteiger partial charge in [-0.15, -0.1) is 0 Å². The molecule has 0 aromatic heterocycles. The van der Waals surface area contributed by atoms with E-state index >= 15 is 0 Å². The van der Waals surface area contributed by atoms with Crippen LogP contribution in [-0.4, -0.2) is 18.6 Å². The van der Waals surface area contributed by atoms with Gasteiger partial charge in [0, 0.05) is 19.9 Å². The molecule has 0 aromatic carbocycles. The molecule has 0 fully saturated rings. The van der Waals surface area contributed by atoms with E-state index < -0.39 is 12.6 Å². The molecule has 0 unspecified atom stereocenters. The second kappa shape index (κ2) is 6.68. The number of carbonyl (C=O) groups is 1. The number of hydrogen-bond acceptors (Lipinski definition) is 1. The van der Waals surface area contributed by atoms with Gasteiger partial charge in [-0.2, -0.15) is 13.2 Å². The van der Waals surface area contributed by atoms with E-state index in [0.717, 1.165) is 12.8 Å². The molecule has 0 bridgehead atoms. The van der Waals surface area contributed by atoms with Crippen molar-refractivity contribution in [3.05, 3.63) is 0 Å². The summed E-state index contributed by atoms with van der Waals surface area (Å²) in [5.74, 6) is -0.0970. The second-order valence-electron chi connectivity index (χ2n) is 3.26. The molecule has 0 rings (SSSR count). The third-order valence-electron chi connectivity index (χ3n) is 1.76. The average Bonchev–Trinajstić information content (AvgIpc) is 2.00. The highest BCUT2D eigenvalue weighted by molar-refractivity contribution is 5.72. The van der Waals surface area contributed by atoms with Crippen LogP contribution in [0.1, 0.15) is 39.0 Å². The van der Waals surface area contributed by atoms with Crippen LogP contribution in [0.2, 0.25) is 0 Å². The maximum Gasteiger partial charge on any atom is 0.389 e. The molecule has 2 nitrogen and oxygen atoms in total. The van der Waals surface area contributed by atoms with Gasteiger partial charge in [-0.1, -0.05) is 12.8 Å². The summed E-state index contributed by atoms with van der Waals surface area (Å²) in [6.45, 7) is 1.98. The molecule has 1 amide bonds. The Bertz CT molecular complexity index is 168. The molecule has 0 aromatic rings. The van der Waals surface area contributed by atoms with Gasteiger partial charge in [-0.05, 0) is 12.8 Å². The molecule has 0 aliphatic rings. The maximum atomic E-state index is 11.7. The van der Waals surface area contributed by atoms with Gasteiger partial charge in [0.25, 0.3) is 0 Å². The zero-order chi connectivity index (χ0) is 11.0. The van der Waals surface area contributed by atoms with E-state index in [1.165, 1.54) is 6.92 Å². The zero-order valence-electron chi connectivity index (χ0n) is 8.28. The molecule has 84 valence electrons. The van der Waals surface area contributed by atoms with Crippen molar-refractivity contribution in [2.24, 2.45) is 0 Å². The quantitative estimate of drug-likeness (QED) is 0.672. The van der Waals surface area contributed by atoms with Crippen LogP contribution in [0.4, 0.5) is 13.2 Å². The summed E-state index contributed by atoms with van der Waals surface area (Å²) in [5, 5.41) is 2.59. The first-order chi connectivity index (χ1) is 6.42. The first kappa shape index (κ1) is 13.3. The van der Waals surface area contributed by atoms with E-state index in [9.17, 15) is 18.0 Å². The molecule has 0 heterocycles. The third kappa shape index (κ3) is 11.3. The summed E-state index contributed by atoms with van der Waals surface area (Å²) >= 11 is 0. The minimum Gasteiger partial charge on any atom is -0.356 e. The number of halogens is 3. The topological polar surface area (TPSA) is 29.1 Å². The summed E-state index contributed by atoms with van der Waals surface area (Å²) in [6, 6.07) is 0. The zero-order valence-corrected chi connectivity index (χ0v) is 8.28. The van der Waals surface area contributed by atoms with Gasteiger partial charge in [-0.25, -0.2) is 0 Å². The lowest BCUT2D eigenvalue weighted by atomic mass is 10.1. The van der Waals surface area contributed by atoms with Crippen molar-refractivity contribution in [2.45, 2.75) is 45.2 Å². The second-order valence-corrected chi connectivity index (χ2v) is 3.26. The Labute approximate surface area is 81.9 Å². The summed E-state index contributed by atoms with van der Waals surface area (Å²) in [5.41, 5.74) is 0. The fourth-order valence-corrected chi connectivity index (χ4v) is 1.07. The van der Waals surface area contributed by atoms with E-state index in [1.807, 2.05) is 0 Å². The van der Waals surface area contributed by atoms with Gasteiger partial charge in [0.05, 0.1) is 0 Å². The molecular weight excluding hydrogens is 195 g/mol. The van der Waals surface area contributed by atoms with Crippen molar-refractivity contribution in [3.8, 4) is 0 Å². The molecule has 1 N–H and O–H groups in total. The number of nitrogens with one attached hydrogen (secondary N) is 1. The van der Waals surface area contributed by atoms with Crippen LogP contribution in [0.15, 0.2) is 0 Å².